The molecule has 0 unspecified atom stereocenters. The molecule has 4 rings (SSSR count). The van der Waals surface area contributed by atoms with Gasteiger partial charge in [0, 0.05) is 44.0 Å². The highest BCUT2D eigenvalue weighted by Crippen LogP contribution is 2.35. The predicted octanol–water partition coefficient (Wildman–Crippen LogP) is 2.10. The molecule has 2 aliphatic rings. The highest BCUT2D eigenvalue weighted by molar-refractivity contribution is 5.41. The van der Waals surface area contributed by atoms with Gasteiger partial charge in [-0.2, -0.15) is 0 Å². The van der Waals surface area contributed by atoms with E-state index in [2.05, 4.69) is 24.9 Å². The summed E-state index contributed by atoms with van der Waals surface area (Å²) in [4.78, 5) is 13.5. The van der Waals surface area contributed by atoms with Gasteiger partial charge in [-0.05, 0) is 31.7 Å². The Balaban J connectivity index is 1.39. The lowest BCUT2D eigenvalue weighted by atomic mass is 10.0. The zero-order valence-corrected chi connectivity index (χ0v) is 12.6. The number of hydrogen-bond donors (Lipinski definition) is 0. The van der Waals surface area contributed by atoms with Crippen molar-refractivity contribution in [3.8, 4) is 0 Å². The minimum atomic E-state index is 0.593. The monoisotopic (exact) mass is 299 g/mol. The second kappa shape index (κ2) is 6.04. The molecule has 6 nitrogen and oxygen atoms in total. The van der Waals surface area contributed by atoms with Crippen LogP contribution in [0.5, 0.6) is 0 Å². The Morgan fingerprint density at radius 3 is 2.59 bits per heavy atom. The first-order chi connectivity index (χ1) is 10.9. The van der Waals surface area contributed by atoms with Crippen LogP contribution in [-0.2, 0) is 6.54 Å². The number of aromatic nitrogens is 3. The summed E-state index contributed by atoms with van der Waals surface area (Å²) in [6.07, 6.45) is 10.1. The highest BCUT2D eigenvalue weighted by Gasteiger charge is 2.36. The first kappa shape index (κ1) is 13.7. The minimum Gasteiger partial charge on any atom is -0.364 e. The summed E-state index contributed by atoms with van der Waals surface area (Å²) < 4.78 is 4.91. The van der Waals surface area contributed by atoms with Gasteiger partial charge < -0.3 is 9.42 Å². The molecule has 1 aliphatic heterocycles. The SMILES string of the molecule is c1cc(N(C2CC2)C2CCN(Cc3ccon3)CC2)ncn1. The average molecular weight is 299 g/mol. The van der Waals surface area contributed by atoms with Gasteiger partial charge >= 0.3 is 0 Å². The molecule has 0 N–H and O–H groups in total. The Hall–Kier alpha value is -1.95. The first-order valence-electron chi connectivity index (χ1n) is 8.06. The highest BCUT2D eigenvalue weighted by atomic mass is 16.5. The van der Waals surface area contributed by atoms with Crippen LogP contribution in [-0.4, -0.2) is 45.2 Å². The van der Waals surface area contributed by atoms with E-state index < -0.39 is 0 Å². The zero-order valence-electron chi connectivity index (χ0n) is 12.6. The Kier molecular flexibility index (Phi) is 3.76. The predicted molar refractivity (Wildman–Crippen MR) is 82.3 cm³/mol. The topological polar surface area (TPSA) is 58.3 Å². The van der Waals surface area contributed by atoms with E-state index in [4.69, 9.17) is 4.52 Å². The van der Waals surface area contributed by atoms with E-state index in [0.717, 1.165) is 31.1 Å². The summed E-state index contributed by atoms with van der Waals surface area (Å²) in [6.45, 7) is 3.10. The van der Waals surface area contributed by atoms with E-state index in [1.54, 1.807) is 12.6 Å². The van der Waals surface area contributed by atoms with Crippen LogP contribution in [0.3, 0.4) is 0 Å². The molecule has 2 fully saturated rings. The molecule has 0 atom stereocenters. The standard InChI is InChI=1S/C16H21N5O/c1-2-14(1)21(16-3-7-17-12-18-16)15-4-8-20(9-5-15)11-13-6-10-22-19-13/h3,6-7,10,12,14-15H,1-2,4-5,8-9,11H2. The molecule has 0 radical (unpaired) electrons. The molecule has 116 valence electrons. The zero-order chi connectivity index (χ0) is 14.8. The molecule has 1 aliphatic carbocycles. The smallest absolute Gasteiger partial charge is 0.132 e. The van der Waals surface area contributed by atoms with E-state index in [9.17, 15) is 0 Å². The number of nitrogens with zero attached hydrogens (tertiary/aromatic N) is 5. The largest absolute Gasteiger partial charge is 0.364 e. The van der Waals surface area contributed by atoms with E-state index >= 15 is 0 Å². The number of piperidine rings is 1. The molecule has 0 bridgehead atoms. The second-order valence-electron chi connectivity index (χ2n) is 6.20. The molecule has 1 saturated heterocycles. The van der Waals surface area contributed by atoms with Gasteiger partial charge in [-0.25, -0.2) is 9.97 Å². The Morgan fingerprint density at radius 1 is 1.14 bits per heavy atom. The van der Waals surface area contributed by atoms with Crippen molar-refractivity contribution in [1.29, 1.82) is 0 Å². The number of rotatable bonds is 5. The lowest BCUT2D eigenvalue weighted by molar-refractivity contribution is 0.195. The van der Waals surface area contributed by atoms with Gasteiger partial charge in [0.05, 0.1) is 5.69 Å². The first-order valence-corrected chi connectivity index (χ1v) is 8.06. The molecule has 0 aromatic carbocycles. The fourth-order valence-electron chi connectivity index (χ4n) is 3.37. The quantitative estimate of drug-likeness (QED) is 0.842. The Labute approximate surface area is 130 Å². The molecule has 2 aromatic heterocycles. The van der Waals surface area contributed by atoms with Gasteiger partial charge in [0.1, 0.15) is 18.4 Å². The van der Waals surface area contributed by atoms with Gasteiger partial charge in [-0.1, -0.05) is 5.16 Å². The van der Waals surface area contributed by atoms with Crippen molar-refractivity contribution >= 4 is 5.82 Å². The molecular weight excluding hydrogens is 278 g/mol. The fourth-order valence-corrected chi connectivity index (χ4v) is 3.37. The maximum absolute atomic E-state index is 4.91. The lowest BCUT2D eigenvalue weighted by Crippen LogP contribution is -2.46. The summed E-state index contributed by atoms with van der Waals surface area (Å²) in [7, 11) is 0. The molecule has 1 saturated carbocycles. The molecule has 3 heterocycles. The van der Waals surface area contributed by atoms with Crippen molar-refractivity contribution in [2.24, 2.45) is 0 Å². The fraction of sp³-hybridized carbons (Fsp3) is 0.562. The molecule has 0 spiro atoms. The van der Waals surface area contributed by atoms with Gasteiger partial charge in [-0.3, -0.25) is 4.90 Å². The van der Waals surface area contributed by atoms with E-state index in [0.29, 0.717) is 12.1 Å². The third-order valence-electron chi connectivity index (χ3n) is 4.60. The van der Waals surface area contributed by atoms with Crippen molar-refractivity contribution in [3.05, 3.63) is 36.6 Å². The van der Waals surface area contributed by atoms with Crippen molar-refractivity contribution in [2.45, 2.75) is 44.3 Å². The number of anilines is 1. The van der Waals surface area contributed by atoms with Crippen molar-refractivity contribution < 1.29 is 4.52 Å². The maximum atomic E-state index is 4.91. The van der Waals surface area contributed by atoms with Crippen molar-refractivity contribution in [3.63, 3.8) is 0 Å². The molecule has 0 amide bonds. The third-order valence-corrected chi connectivity index (χ3v) is 4.60. The van der Waals surface area contributed by atoms with E-state index in [-0.39, 0.29) is 0 Å². The molecular formula is C16H21N5O. The summed E-state index contributed by atoms with van der Waals surface area (Å²) in [5, 5.41) is 4.01. The summed E-state index contributed by atoms with van der Waals surface area (Å²) in [6, 6.07) is 5.27. The summed E-state index contributed by atoms with van der Waals surface area (Å²) >= 11 is 0. The van der Waals surface area contributed by atoms with Gasteiger partial charge in [0.25, 0.3) is 0 Å². The van der Waals surface area contributed by atoms with Crippen LogP contribution < -0.4 is 4.90 Å². The second-order valence-corrected chi connectivity index (χ2v) is 6.20. The normalized spacial score (nSPS) is 20.2. The van der Waals surface area contributed by atoms with Crippen LogP contribution in [0.1, 0.15) is 31.4 Å². The van der Waals surface area contributed by atoms with Crippen LogP contribution >= 0.6 is 0 Å². The average Bonchev–Trinajstić information content (AvgIpc) is 3.26. The third kappa shape index (κ3) is 2.97. The lowest BCUT2D eigenvalue weighted by Gasteiger charge is -2.39. The number of hydrogen-bond acceptors (Lipinski definition) is 6. The van der Waals surface area contributed by atoms with Crippen molar-refractivity contribution in [1.82, 2.24) is 20.0 Å². The molecule has 2 aromatic rings. The van der Waals surface area contributed by atoms with Crippen LogP contribution in [0, 0.1) is 0 Å². The Morgan fingerprint density at radius 2 is 1.95 bits per heavy atom. The van der Waals surface area contributed by atoms with Gasteiger partial charge in [-0.15, -0.1) is 0 Å². The van der Waals surface area contributed by atoms with E-state index in [1.165, 1.54) is 25.7 Å². The van der Waals surface area contributed by atoms with Crippen molar-refractivity contribution in [2.75, 3.05) is 18.0 Å². The van der Waals surface area contributed by atoms with E-state index in [1.807, 2.05) is 18.3 Å². The minimum absolute atomic E-state index is 0.593. The Bertz CT molecular complexity index is 576. The van der Waals surface area contributed by atoms with Crippen LogP contribution in [0.2, 0.25) is 0 Å². The van der Waals surface area contributed by atoms with Crippen LogP contribution in [0.4, 0.5) is 5.82 Å². The molecule has 6 heteroatoms. The maximum Gasteiger partial charge on any atom is 0.132 e. The van der Waals surface area contributed by atoms with Gasteiger partial charge in [0.2, 0.25) is 0 Å². The van der Waals surface area contributed by atoms with Gasteiger partial charge in [0.15, 0.2) is 0 Å². The summed E-state index contributed by atoms with van der Waals surface area (Å²) in [5.41, 5.74) is 1.02. The van der Waals surface area contributed by atoms with Crippen LogP contribution in [0.25, 0.3) is 0 Å². The van der Waals surface area contributed by atoms with Crippen LogP contribution in [0.15, 0.2) is 35.4 Å². The summed E-state index contributed by atoms with van der Waals surface area (Å²) in [5.74, 6) is 1.09. The molecule has 22 heavy (non-hydrogen) atoms. The number of likely N-dealkylation sites (tertiary alicyclic amines) is 1.